The Hall–Kier alpha value is -5.29. The van der Waals surface area contributed by atoms with E-state index in [1.165, 1.54) is 26.2 Å². The number of anilines is 1. The minimum absolute atomic E-state index is 0.0295. The van der Waals surface area contributed by atoms with Gasteiger partial charge in [-0.3, -0.25) is 24.0 Å². The molecule has 5 N–H and O–H groups in total. The highest BCUT2D eigenvalue weighted by Gasteiger charge is 2.37. The van der Waals surface area contributed by atoms with Gasteiger partial charge in [-0.05, 0) is 89.0 Å². The van der Waals surface area contributed by atoms with Crippen molar-refractivity contribution >= 4 is 72.3 Å². The fourth-order valence-electron chi connectivity index (χ4n) is 9.06. The Bertz CT molecular complexity index is 2620. The summed E-state index contributed by atoms with van der Waals surface area (Å²) in [6, 6.07) is 2.56. The van der Waals surface area contributed by atoms with Crippen LogP contribution in [0.1, 0.15) is 79.7 Å². The number of amides is 1. The minimum Gasteiger partial charge on any atom is -0.504 e. The number of aromatic hydroxyl groups is 1. The molecule has 0 spiro atoms. The molecule has 0 fully saturated rings. The number of hydrogen-bond donors (Lipinski definition) is 5. The van der Waals surface area contributed by atoms with Gasteiger partial charge in [0.15, 0.2) is 22.4 Å². The number of phenols is 1. The molecule has 1 amide bonds. The van der Waals surface area contributed by atoms with E-state index >= 15 is 0 Å². The molecule has 0 saturated carbocycles. The van der Waals surface area contributed by atoms with Crippen molar-refractivity contribution in [1.29, 1.82) is 0 Å². The van der Waals surface area contributed by atoms with Crippen LogP contribution < -0.4 is 26.2 Å². The van der Waals surface area contributed by atoms with Gasteiger partial charge in [0.1, 0.15) is 11.6 Å². The number of nitrogens with one attached hydrogen (secondary N) is 2. The van der Waals surface area contributed by atoms with E-state index in [4.69, 9.17) is 23.7 Å². The number of ketones is 2. The van der Waals surface area contributed by atoms with Crippen molar-refractivity contribution in [1.82, 2.24) is 5.32 Å². The van der Waals surface area contributed by atoms with Crippen molar-refractivity contribution in [3.63, 3.8) is 0 Å². The Morgan fingerprint density at radius 1 is 0.710 bits per heavy atom. The highest BCUT2D eigenvalue weighted by atomic mass is 16.5. The zero-order chi connectivity index (χ0) is 44.7. The molecule has 0 heterocycles. The molecule has 0 aliphatic heterocycles. The molecule has 1 unspecified atom stereocenters. The first-order valence-corrected chi connectivity index (χ1v) is 21.0. The third kappa shape index (κ3) is 8.96. The molecule has 0 bridgehead atoms. The average molecular weight is 857 g/mol. The number of hydrogen-bond acceptors (Lipinski definition) is 14. The van der Waals surface area contributed by atoms with Gasteiger partial charge >= 0.3 is 0 Å². The van der Waals surface area contributed by atoms with Crippen molar-refractivity contribution in [3.05, 3.63) is 66.0 Å². The van der Waals surface area contributed by atoms with Gasteiger partial charge in [0.05, 0.1) is 70.0 Å². The number of methoxy groups -OCH3 is 3. The Kier molecular flexibility index (Phi) is 15.4. The van der Waals surface area contributed by atoms with Crippen LogP contribution in [0.3, 0.4) is 0 Å². The van der Waals surface area contributed by atoms with E-state index in [2.05, 4.69) is 10.6 Å². The number of fused-ring (bicyclic) bond motifs is 1. The number of Topliss-reactive ketones (excluding diaryl/α,β-unsaturated/α-hetero) is 2. The summed E-state index contributed by atoms with van der Waals surface area (Å²) in [6.45, 7) is 4.88. The van der Waals surface area contributed by atoms with E-state index in [1.54, 1.807) is 21.1 Å². The number of carbonyl (C=O) groups is 3. The van der Waals surface area contributed by atoms with E-state index in [1.807, 2.05) is 6.08 Å². The van der Waals surface area contributed by atoms with E-state index in [0.29, 0.717) is 114 Å². The van der Waals surface area contributed by atoms with Crippen LogP contribution in [-0.2, 0) is 53.0 Å². The quantitative estimate of drug-likeness (QED) is 0.0308. The fourth-order valence-corrected chi connectivity index (χ4v) is 9.06. The lowest BCUT2D eigenvalue weighted by atomic mass is 9.78. The predicted molar refractivity (Wildman–Crippen MR) is 237 cm³/mol. The van der Waals surface area contributed by atoms with E-state index in [9.17, 15) is 39.3 Å². The average Bonchev–Trinajstić information content (AvgIpc) is 3.38. The van der Waals surface area contributed by atoms with Gasteiger partial charge in [0.25, 0.3) is 0 Å². The normalized spacial score (nSPS) is 13.7. The molecule has 1 aliphatic rings. The standard InChI is InChI=1S/C47H56N2O13/c1-25-20-31-30(10-6-8-29(53)9-7-14-61-18-16-58-3)45(49-12-11-34(56)48-13-15-62-19-17-59-4)39-32(54)21-27(23-50)36-37-28(24-51)22-33(55)40-42(37)43(38(31)41(36)39)44(35(25)26(2)52)47(60-5)46(40)57/h20-22,35,49-51,57H,6-19,23-24H2,1-5H3,(H,48,56). The van der Waals surface area contributed by atoms with Crippen LogP contribution in [0.15, 0.2) is 27.3 Å². The molecular formula is C47H56N2O13. The monoisotopic (exact) mass is 856 g/mol. The molecule has 15 heteroatoms. The van der Waals surface area contributed by atoms with Crippen molar-refractivity contribution in [2.75, 3.05) is 79.4 Å². The van der Waals surface area contributed by atoms with Gasteiger partial charge in [0.2, 0.25) is 5.91 Å². The predicted octanol–water partition coefficient (Wildman–Crippen LogP) is 4.60. The molecule has 1 atom stereocenters. The molecule has 6 rings (SSSR count). The number of carbonyl (C=O) groups excluding carboxylic acids is 3. The van der Waals surface area contributed by atoms with Gasteiger partial charge in [-0.25, -0.2) is 0 Å². The molecule has 5 aromatic rings. The fraction of sp³-hybridized carbons (Fsp3) is 0.468. The summed E-state index contributed by atoms with van der Waals surface area (Å²) in [5.74, 6) is -1.99. The number of rotatable bonds is 25. The smallest absolute Gasteiger partial charge is 0.221 e. The Morgan fingerprint density at radius 3 is 1.94 bits per heavy atom. The van der Waals surface area contributed by atoms with Crippen molar-refractivity contribution in [2.24, 2.45) is 0 Å². The second-order valence-corrected chi connectivity index (χ2v) is 15.6. The first-order valence-electron chi connectivity index (χ1n) is 21.0. The molecule has 15 nitrogen and oxygen atoms in total. The Balaban J connectivity index is 1.61. The summed E-state index contributed by atoms with van der Waals surface area (Å²) in [6.07, 6.45) is 3.66. The van der Waals surface area contributed by atoms with Crippen LogP contribution in [-0.4, -0.2) is 107 Å². The van der Waals surface area contributed by atoms with Crippen LogP contribution in [0.5, 0.6) is 11.5 Å². The molecule has 1 aliphatic carbocycles. The Morgan fingerprint density at radius 2 is 1.32 bits per heavy atom. The van der Waals surface area contributed by atoms with Crippen LogP contribution in [0.2, 0.25) is 0 Å². The maximum absolute atomic E-state index is 14.6. The van der Waals surface area contributed by atoms with Crippen LogP contribution in [0.25, 0.3) is 49.2 Å². The second kappa shape index (κ2) is 20.7. The highest BCUT2D eigenvalue weighted by Crippen LogP contribution is 2.56. The molecule has 332 valence electrons. The van der Waals surface area contributed by atoms with Crippen LogP contribution >= 0.6 is 0 Å². The number of aliphatic hydroxyl groups is 2. The lowest BCUT2D eigenvalue weighted by Crippen LogP contribution is -2.29. The number of ether oxygens (including phenoxy) is 5. The van der Waals surface area contributed by atoms with Crippen LogP contribution in [0, 0.1) is 0 Å². The number of phenolic OH excluding ortho intramolecular Hbond substituents is 1. The van der Waals surface area contributed by atoms with Crippen molar-refractivity contribution < 1.29 is 53.4 Å². The zero-order valence-electron chi connectivity index (χ0n) is 36.0. The summed E-state index contributed by atoms with van der Waals surface area (Å²) in [5, 5.41) is 42.3. The molecule has 5 aromatic carbocycles. The Labute approximate surface area is 358 Å². The molecule has 62 heavy (non-hydrogen) atoms. The van der Waals surface area contributed by atoms with Gasteiger partial charge in [0, 0.05) is 75.2 Å². The third-order valence-corrected chi connectivity index (χ3v) is 11.6. The number of aliphatic hydroxyl groups excluding tert-OH is 2. The summed E-state index contributed by atoms with van der Waals surface area (Å²) in [4.78, 5) is 68.7. The zero-order valence-corrected chi connectivity index (χ0v) is 36.0. The topological polar surface area (TPSA) is 216 Å². The molecule has 0 aromatic heterocycles. The maximum atomic E-state index is 14.6. The van der Waals surface area contributed by atoms with Gasteiger partial charge in [-0.2, -0.15) is 0 Å². The largest absolute Gasteiger partial charge is 0.504 e. The highest BCUT2D eigenvalue weighted by molar-refractivity contribution is 6.39. The number of benzene rings is 5. The SMILES string of the molecule is COCCOCCCC(=O)CCCc1c(NCCC(=O)NCCOCCOC)c2c(=O)cc(CO)c3c4c(CO)cc(=O)c5c(O)c(OC)c6c(c(c1C=C(C)C6C(C)=O)c23)c54. The van der Waals surface area contributed by atoms with Gasteiger partial charge in [-0.1, -0.05) is 11.6 Å². The lowest BCUT2D eigenvalue weighted by Gasteiger charge is -2.26. The third-order valence-electron chi connectivity index (χ3n) is 11.6. The second-order valence-electron chi connectivity index (χ2n) is 15.6. The van der Waals surface area contributed by atoms with E-state index in [0.717, 1.165) is 0 Å². The maximum Gasteiger partial charge on any atom is 0.221 e. The summed E-state index contributed by atoms with van der Waals surface area (Å²) >= 11 is 0. The first-order chi connectivity index (χ1) is 29.9. The molecular weight excluding hydrogens is 801 g/mol. The first kappa shape index (κ1) is 46.2. The van der Waals surface area contributed by atoms with Crippen molar-refractivity contribution in [2.45, 2.75) is 71.5 Å². The summed E-state index contributed by atoms with van der Waals surface area (Å²) in [7, 11) is 4.51. The van der Waals surface area contributed by atoms with Gasteiger partial charge in [-0.15, -0.1) is 0 Å². The molecule has 0 radical (unpaired) electrons. The molecule has 0 saturated heterocycles. The summed E-state index contributed by atoms with van der Waals surface area (Å²) < 4.78 is 26.9. The van der Waals surface area contributed by atoms with Crippen molar-refractivity contribution in [3.8, 4) is 11.5 Å². The minimum atomic E-state index is -0.966. The van der Waals surface area contributed by atoms with Gasteiger partial charge < -0.3 is 49.6 Å². The summed E-state index contributed by atoms with van der Waals surface area (Å²) in [5.41, 5.74) is 1.98. The van der Waals surface area contributed by atoms with Crippen LogP contribution in [0.4, 0.5) is 5.69 Å². The van der Waals surface area contributed by atoms with E-state index < -0.39 is 35.7 Å². The lowest BCUT2D eigenvalue weighted by molar-refractivity contribution is -0.121. The van der Waals surface area contributed by atoms with E-state index in [-0.39, 0.29) is 82.9 Å². The number of allylic oxidation sites excluding steroid dienone is 1.